The van der Waals surface area contributed by atoms with Crippen molar-refractivity contribution in [3.63, 3.8) is 0 Å². The number of hydrogen-bond donors (Lipinski definition) is 2. The summed E-state index contributed by atoms with van der Waals surface area (Å²) in [5, 5.41) is 3.27. The third-order valence-corrected chi connectivity index (χ3v) is 4.24. The number of nitrogens with one attached hydrogen (secondary N) is 1. The van der Waals surface area contributed by atoms with Gasteiger partial charge in [0.25, 0.3) is 0 Å². The SMILES string of the molecule is Nc1ncc(-c2nc(NCCc3ccccn3)nc(N3CCOCC3)n2)cn1. The van der Waals surface area contributed by atoms with Crippen molar-refractivity contribution >= 4 is 17.8 Å². The van der Waals surface area contributed by atoms with Gasteiger partial charge in [0.15, 0.2) is 5.82 Å². The van der Waals surface area contributed by atoms with Gasteiger partial charge >= 0.3 is 0 Å². The van der Waals surface area contributed by atoms with Crippen LogP contribution in [0.25, 0.3) is 11.4 Å². The first-order valence-electron chi connectivity index (χ1n) is 9.08. The highest BCUT2D eigenvalue weighted by atomic mass is 16.5. The highest BCUT2D eigenvalue weighted by Crippen LogP contribution is 2.19. The zero-order valence-electron chi connectivity index (χ0n) is 15.3. The molecule has 0 unspecified atom stereocenters. The van der Waals surface area contributed by atoms with Crippen molar-refractivity contribution in [3.8, 4) is 11.4 Å². The molecule has 4 rings (SSSR count). The molecule has 10 nitrogen and oxygen atoms in total. The van der Waals surface area contributed by atoms with E-state index in [1.807, 2.05) is 18.2 Å². The first-order chi connectivity index (χ1) is 13.8. The molecule has 3 aromatic heterocycles. The van der Waals surface area contributed by atoms with Gasteiger partial charge in [0, 0.05) is 50.3 Å². The molecule has 4 heterocycles. The number of anilines is 3. The fourth-order valence-electron chi connectivity index (χ4n) is 2.78. The van der Waals surface area contributed by atoms with E-state index in [-0.39, 0.29) is 5.95 Å². The largest absolute Gasteiger partial charge is 0.378 e. The number of rotatable bonds is 6. The molecule has 0 atom stereocenters. The van der Waals surface area contributed by atoms with Gasteiger partial charge in [0.05, 0.1) is 18.8 Å². The molecule has 10 heteroatoms. The molecule has 0 aromatic carbocycles. The van der Waals surface area contributed by atoms with Crippen LogP contribution >= 0.6 is 0 Å². The van der Waals surface area contributed by atoms with E-state index in [9.17, 15) is 0 Å². The highest BCUT2D eigenvalue weighted by Gasteiger charge is 2.17. The Hall–Kier alpha value is -3.40. The van der Waals surface area contributed by atoms with E-state index in [2.05, 4.69) is 40.1 Å². The Labute approximate surface area is 162 Å². The van der Waals surface area contributed by atoms with Crippen LogP contribution in [0.4, 0.5) is 17.8 Å². The number of nitrogens with two attached hydrogens (primary N) is 1. The van der Waals surface area contributed by atoms with Gasteiger partial charge in [-0.15, -0.1) is 0 Å². The number of morpholine rings is 1. The first kappa shape index (κ1) is 18.0. The van der Waals surface area contributed by atoms with Gasteiger partial charge in [-0.1, -0.05) is 6.07 Å². The number of hydrogen-bond acceptors (Lipinski definition) is 10. The maximum Gasteiger partial charge on any atom is 0.230 e. The summed E-state index contributed by atoms with van der Waals surface area (Å²) >= 11 is 0. The lowest BCUT2D eigenvalue weighted by atomic mass is 10.3. The van der Waals surface area contributed by atoms with E-state index in [0.717, 1.165) is 25.2 Å². The van der Waals surface area contributed by atoms with Crippen molar-refractivity contribution in [2.24, 2.45) is 0 Å². The molecule has 0 aliphatic carbocycles. The van der Waals surface area contributed by atoms with Crippen LogP contribution < -0.4 is 16.0 Å². The van der Waals surface area contributed by atoms with E-state index in [4.69, 9.17) is 10.5 Å². The lowest BCUT2D eigenvalue weighted by Crippen LogP contribution is -2.37. The standard InChI is InChI=1S/C18H21N9O/c19-16-22-11-13(12-23-16)15-24-17(21-6-4-14-3-1-2-5-20-14)26-18(25-15)27-7-9-28-10-8-27/h1-3,5,11-12H,4,6-10H2,(H2,19,22,23)(H,21,24,25,26). The van der Waals surface area contributed by atoms with Crippen molar-refractivity contribution in [1.82, 2.24) is 29.9 Å². The lowest BCUT2D eigenvalue weighted by Gasteiger charge is -2.27. The average Bonchev–Trinajstić information content (AvgIpc) is 2.75. The van der Waals surface area contributed by atoms with E-state index in [1.165, 1.54) is 0 Å². The van der Waals surface area contributed by atoms with Crippen molar-refractivity contribution < 1.29 is 4.74 Å². The van der Waals surface area contributed by atoms with Crippen LogP contribution in [0, 0.1) is 0 Å². The second-order valence-electron chi connectivity index (χ2n) is 6.21. The molecule has 144 valence electrons. The summed E-state index contributed by atoms with van der Waals surface area (Å²) < 4.78 is 5.42. The molecular weight excluding hydrogens is 358 g/mol. The van der Waals surface area contributed by atoms with Gasteiger partial charge in [-0.05, 0) is 12.1 Å². The van der Waals surface area contributed by atoms with Crippen molar-refractivity contribution in [3.05, 3.63) is 42.5 Å². The summed E-state index contributed by atoms with van der Waals surface area (Å²) in [4.78, 5) is 28.2. The van der Waals surface area contributed by atoms with Crippen molar-refractivity contribution in [2.45, 2.75) is 6.42 Å². The zero-order chi connectivity index (χ0) is 19.2. The van der Waals surface area contributed by atoms with Crippen LogP contribution in [0.2, 0.25) is 0 Å². The van der Waals surface area contributed by atoms with Gasteiger partial charge < -0.3 is 20.7 Å². The fourth-order valence-corrected chi connectivity index (χ4v) is 2.78. The minimum Gasteiger partial charge on any atom is -0.378 e. The van der Waals surface area contributed by atoms with Crippen molar-refractivity contribution in [2.75, 3.05) is 48.8 Å². The number of ether oxygens (including phenoxy) is 1. The first-order valence-corrected chi connectivity index (χ1v) is 9.08. The van der Waals surface area contributed by atoms with E-state index in [1.54, 1.807) is 18.6 Å². The summed E-state index contributed by atoms with van der Waals surface area (Å²) in [7, 11) is 0. The molecule has 3 N–H and O–H groups in total. The predicted molar refractivity (Wildman–Crippen MR) is 105 cm³/mol. The summed E-state index contributed by atoms with van der Waals surface area (Å²) in [6.07, 6.45) is 5.77. The highest BCUT2D eigenvalue weighted by molar-refractivity contribution is 5.57. The Morgan fingerprint density at radius 2 is 1.86 bits per heavy atom. The minimum atomic E-state index is 0.208. The zero-order valence-corrected chi connectivity index (χ0v) is 15.3. The van der Waals surface area contributed by atoms with Crippen LogP contribution in [0.15, 0.2) is 36.8 Å². The van der Waals surface area contributed by atoms with Gasteiger partial charge in [-0.2, -0.15) is 15.0 Å². The molecule has 28 heavy (non-hydrogen) atoms. The van der Waals surface area contributed by atoms with E-state index >= 15 is 0 Å². The molecule has 3 aromatic rings. The Bertz CT molecular complexity index is 899. The van der Waals surface area contributed by atoms with Crippen LogP contribution in [0.3, 0.4) is 0 Å². The third-order valence-electron chi connectivity index (χ3n) is 4.24. The second-order valence-corrected chi connectivity index (χ2v) is 6.21. The van der Waals surface area contributed by atoms with Gasteiger partial charge in [-0.25, -0.2) is 9.97 Å². The number of aromatic nitrogens is 6. The van der Waals surface area contributed by atoms with Crippen LogP contribution in [0.5, 0.6) is 0 Å². The molecular formula is C18H21N9O. The maximum absolute atomic E-state index is 5.59. The summed E-state index contributed by atoms with van der Waals surface area (Å²) in [6, 6.07) is 5.87. The van der Waals surface area contributed by atoms with Crippen LogP contribution in [-0.2, 0) is 11.2 Å². The Balaban J connectivity index is 1.56. The van der Waals surface area contributed by atoms with Gasteiger partial charge in [-0.3, -0.25) is 4.98 Å². The molecule has 0 amide bonds. The molecule has 1 aliphatic rings. The molecule has 0 radical (unpaired) electrons. The number of nitrogen functional groups attached to an aromatic ring is 1. The fraction of sp³-hybridized carbons (Fsp3) is 0.333. The second kappa shape index (κ2) is 8.53. The molecule has 0 spiro atoms. The Morgan fingerprint density at radius 1 is 1.04 bits per heavy atom. The van der Waals surface area contributed by atoms with E-state index in [0.29, 0.717) is 43.0 Å². The smallest absolute Gasteiger partial charge is 0.230 e. The van der Waals surface area contributed by atoms with Crippen LogP contribution in [0.1, 0.15) is 5.69 Å². The average molecular weight is 379 g/mol. The number of nitrogens with zero attached hydrogens (tertiary/aromatic N) is 7. The Morgan fingerprint density at radius 3 is 2.61 bits per heavy atom. The minimum absolute atomic E-state index is 0.208. The van der Waals surface area contributed by atoms with Crippen LogP contribution in [-0.4, -0.2) is 62.8 Å². The van der Waals surface area contributed by atoms with Crippen molar-refractivity contribution in [1.29, 1.82) is 0 Å². The van der Waals surface area contributed by atoms with Gasteiger partial charge in [0.2, 0.25) is 17.8 Å². The molecule has 0 saturated carbocycles. The maximum atomic E-state index is 5.59. The van der Waals surface area contributed by atoms with Gasteiger partial charge in [0.1, 0.15) is 0 Å². The normalized spacial score (nSPS) is 14.1. The van der Waals surface area contributed by atoms with E-state index < -0.39 is 0 Å². The summed E-state index contributed by atoms with van der Waals surface area (Å²) in [5.74, 6) is 1.81. The predicted octanol–water partition coefficient (Wildman–Crippen LogP) is 0.797. The topological polar surface area (TPSA) is 128 Å². The lowest BCUT2D eigenvalue weighted by molar-refractivity contribution is 0.122. The molecule has 1 aliphatic heterocycles. The molecule has 1 saturated heterocycles. The quantitative estimate of drug-likeness (QED) is 0.634. The number of pyridine rings is 1. The monoisotopic (exact) mass is 379 g/mol. The summed E-state index contributed by atoms with van der Waals surface area (Å²) in [5.41, 5.74) is 7.27. The summed E-state index contributed by atoms with van der Waals surface area (Å²) in [6.45, 7) is 3.41. The third kappa shape index (κ3) is 4.46. The molecule has 1 fully saturated rings. The molecule has 0 bridgehead atoms. The Kier molecular flexibility index (Phi) is 5.48.